The number of nitrogens with one attached hydrogen (secondary N) is 1. The van der Waals surface area contributed by atoms with Crippen LogP contribution in [0.5, 0.6) is 0 Å². The summed E-state index contributed by atoms with van der Waals surface area (Å²) in [4.78, 5) is 18.6. The van der Waals surface area contributed by atoms with Gasteiger partial charge in [-0.3, -0.25) is 0 Å². The summed E-state index contributed by atoms with van der Waals surface area (Å²) in [6.07, 6.45) is 3.66. The minimum Gasteiger partial charge on any atom is -0.376 e. The highest BCUT2D eigenvalue weighted by molar-refractivity contribution is 7.09. The third-order valence-corrected chi connectivity index (χ3v) is 5.98. The molecule has 2 heterocycles. The molecule has 0 spiro atoms. The molecule has 1 unspecified atom stereocenters. The Kier molecular flexibility index (Phi) is 6.26. The number of rotatable bonds is 3. The minimum atomic E-state index is -0.267. The largest absolute Gasteiger partial charge is 0.376 e. The second-order valence-corrected chi connectivity index (χ2v) is 8.96. The fourth-order valence-corrected chi connectivity index (χ4v) is 3.56. The number of aryl methyl sites for hydroxylation is 1. The van der Waals surface area contributed by atoms with E-state index < -0.39 is 0 Å². The number of carbonyl (C=O) groups is 1. The van der Waals surface area contributed by atoms with Crippen LogP contribution in [-0.2, 0) is 11.3 Å². The van der Waals surface area contributed by atoms with Gasteiger partial charge in [-0.05, 0) is 45.4 Å². The van der Waals surface area contributed by atoms with Crippen LogP contribution in [0.1, 0.15) is 57.5 Å². The van der Waals surface area contributed by atoms with E-state index in [1.165, 1.54) is 17.0 Å². The van der Waals surface area contributed by atoms with Gasteiger partial charge in [-0.15, -0.1) is 11.3 Å². The van der Waals surface area contributed by atoms with Crippen LogP contribution in [0.15, 0.2) is 4.99 Å². The Morgan fingerprint density at radius 3 is 2.71 bits per heavy atom. The molecule has 1 aromatic heterocycles. The molecule has 1 fully saturated rings. The summed E-state index contributed by atoms with van der Waals surface area (Å²) in [6, 6.07) is -0.206. The van der Waals surface area contributed by atoms with Crippen molar-refractivity contribution in [3.8, 4) is 0 Å². The van der Waals surface area contributed by atoms with Gasteiger partial charge in [0.05, 0.1) is 12.6 Å². The molecular weight excluding hydrogens is 322 g/mol. The number of amides is 2. The fraction of sp³-hybridized carbons (Fsp3) is 0.778. The zero-order valence-corrected chi connectivity index (χ0v) is 16.6. The van der Waals surface area contributed by atoms with Gasteiger partial charge in [-0.1, -0.05) is 20.8 Å². The summed E-state index contributed by atoms with van der Waals surface area (Å²) >= 11 is 1.57. The summed E-state index contributed by atoms with van der Waals surface area (Å²) in [5, 5.41) is 2.98. The van der Waals surface area contributed by atoms with E-state index in [1.807, 2.05) is 6.92 Å². The first-order chi connectivity index (χ1) is 11.2. The molecule has 1 saturated heterocycles. The van der Waals surface area contributed by atoms with Crippen molar-refractivity contribution in [2.75, 3.05) is 6.61 Å². The molecule has 1 aliphatic rings. The third-order valence-electron chi connectivity index (χ3n) is 4.89. The van der Waals surface area contributed by atoms with Crippen molar-refractivity contribution in [2.45, 2.75) is 79.5 Å². The van der Waals surface area contributed by atoms with Gasteiger partial charge in [0.1, 0.15) is 0 Å². The van der Waals surface area contributed by atoms with Crippen molar-refractivity contribution in [3.05, 3.63) is 15.4 Å². The summed E-state index contributed by atoms with van der Waals surface area (Å²) in [7, 11) is 0. The molecular formula is C18H31N3O2S. The lowest BCUT2D eigenvalue weighted by Gasteiger charge is -2.27. The second kappa shape index (κ2) is 7.83. The molecule has 0 radical (unpaired) electrons. The molecule has 0 aliphatic carbocycles. The van der Waals surface area contributed by atoms with Crippen molar-refractivity contribution < 1.29 is 9.53 Å². The number of urea groups is 1. The Labute approximate surface area is 149 Å². The normalized spacial score (nSPS) is 20.9. The number of carbonyl (C=O) groups excluding carboxylic acids is 1. The summed E-state index contributed by atoms with van der Waals surface area (Å²) < 4.78 is 7.99. The molecule has 0 bridgehead atoms. The molecule has 6 heteroatoms. The summed E-state index contributed by atoms with van der Waals surface area (Å²) in [5.74, 6) is 0. The minimum absolute atomic E-state index is 0.0123. The van der Waals surface area contributed by atoms with Crippen molar-refractivity contribution in [1.82, 2.24) is 9.88 Å². The van der Waals surface area contributed by atoms with Gasteiger partial charge >= 0.3 is 6.03 Å². The molecule has 1 N–H and O–H groups in total. The molecule has 24 heavy (non-hydrogen) atoms. The van der Waals surface area contributed by atoms with Crippen LogP contribution < -0.4 is 10.1 Å². The predicted molar refractivity (Wildman–Crippen MR) is 98.4 cm³/mol. The molecule has 1 aromatic rings. The van der Waals surface area contributed by atoms with Crippen LogP contribution >= 0.6 is 11.3 Å². The molecule has 1 aliphatic heterocycles. The number of ether oxygens (including phenoxy) is 1. The molecule has 0 aromatic carbocycles. The molecule has 136 valence electrons. The predicted octanol–water partition coefficient (Wildman–Crippen LogP) is 3.78. The van der Waals surface area contributed by atoms with Crippen LogP contribution in [0.2, 0.25) is 0 Å². The van der Waals surface area contributed by atoms with Gasteiger partial charge < -0.3 is 14.6 Å². The van der Waals surface area contributed by atoms with E-state index >= 15 is 0 Å². The lowest BCUT2D eigenvalue weighted by atomic mass is 9.88. The second-order valence-electron chi connectivity index (χ2n) is 7.77. The van der Waals surface area contributed by atoms with Gasteiger partial charge in [0.25, 0.3) is 0 Å². The Hall–Kier alpha value is -1.14. The third kappa shape index (κ3) is 4.93. The summed E-state index contributed by atoms with van der Waals surface area (Å²) in [5.41, 5.74) is 1.18. The topological polar surface area (TPSA) is 55.6 Å². The van der Waals surface area contributed by atoms with Gasteiger partial charge in [-0.25, -0.2) is 4.79 Å². The maximum atomic E-state index is 12.3. The van der Waals surface area contributed by atoms with E-state index in [1.54, 1.807) is 11.3 Å². The number of thiazole rings is 1. The quantitative estimate of drug-likeness (QED) is 0.899. The monoisotopic (exact) mass is 353 g/mol. The first-order valence-corrected chi connectivity index (χ1v) is 9.64. The lowest BCUT2D eigenvalue weighted by Crippen LogP contribution is -2.41. The van der Waals surface area contributed by atoms with Crippen LogP contribution in [0, 0.1) is 19.3 Å². The van der Waals surface area contributed by atoms with Crippen LogP contribution in [0.4, 0.5) is 4.79 Å². The molecule has 2 amide bonds. The molecule has 0 saturated carbocycles. The van der Waals surface area contributed by atoms with E-state index in [0.29, 0.717) is 0 Å². The van der Waals surface area contributed by atoms with E-state index in [-0.39, 0.29) is 23.6 Å². The van der Waals surface area contributed by atoms with E-state index in [0.717, 1.165) is 30.8 Å². The first-order valence-electron chi connectivity index (χ1n) is 8.82. The average molecular weight is 354 g/mol. The zero-order chi connectivity index (χ0) is 17.9. The SMILES string of the molecule is Cc1sc(=NC(=O)N[C@H](C)C(C)(C)C)n(CC2CCCCO2)c1C. The molecule has 2 rings (SSSR count). The highest BCUT2D eigenvalue weighted by Crippen LogP contribution is 2.19. The fourth-order valence-electron chi connectivity index (χ4n) is 2.57. The Morgan fingerprint density at radius 1 is 1.42 bits per heavy atom. The number of hydrogen-bond donors (Lipinski definition) is 1. The van der Waals surface area contributed by atoms with Crippen molar-refractivity contribution in [1.29, 1.82) is 0 Å². The Morgan fingerprint density at radius 2 is 2.12 bits per heavy atom. The van der Waals surface area contributed by atoms with E-state index in [2.05, 4.69) is 49.5 Å². The highest BCUT2D eigenvalue weighted by Gasteiger charge is 2.22. The summed E-state index contributed by atoms with van der Waals surface area (Å²) in [6.45, 7) is 14.1. The lowest BCUT2D eigenvalue weighted by molar-refractivity contribution is 0.00525. The molecule has 5 nitrogen and oxygen atoms in total. The Bertz CT molecular complexity index is 634. The van der Waals surface area contributed by atoms with Crippen molar-refractivity contribution in [2.24, 2.45) is 10.4 Å². The van der Waals surface area contributed by atoms with Crippen LogP contribution in [0.25, 0.3) is 0 Å². The van der Waals surface area contributed by atoms with Crippen LogP contribution in [-0.4, -0.2) is 29.4 Å². The maximum Gasteiger partial charge on any atom is 0.343 e. The van der Waals surface area contributed by atoms with E-state index in [9.17, 15) is 4.79 Å². The smallest absolute Gasteiger partial charge is 0.343 e. The number of nitrogens with zero attached hydrogens (tertiary/aromatic N) is 2. The van der Waals surface area contributed by atoms with Crippen molar-refractivity contribution >= 4 is 17.4 Å². The highest BCUT2D eigenvalue weighted by atomic mass is 32.1. The van der Waals surface area contributed by atoms with Gasteiger partial charge in [0.15, 0.2) is 4.80 Å². The van der Waals surface area contributed by atoms with Crippen LogP contribution in [0.3, 0.4) is 0 Å². The standard InChI is InChI=1S/C18H31N3O2S/c1-12-13(2)24-17(20-16(22)19-14(3)18(4,5)6)21(12)11-15-9-7-8-10-23-15/h14-15H,7-11H2,1-6H3,(H,19,22)/t14-,15?/m1/s1. The van der Waals surface area contributed by atoms with Gasteiger partial charge in [0.2, 0.25) is 0 Å². The maximum absolute atomic E-state index is 12.3. The Balaban J connectivity index is 2.19. The van der Waals surface area contributed by atoms with E-state index in [4.69, 9.17) is 4.74 Å². The van der Waals surface area contributed by atoms with Crippen molar-refractivity contribution in [3.63, 3.8) is 0 Å². The number of hydrogen-bond acceptors (Lipinski definition) is 3. The average Bonchev–Trinajstić information content (AvgIpc) is 2.75. The zero-order valence-electron chi connectivity index (χ0n) is 15.8. The first kappa shape index (κ1) is 19.2. The number of aromatic nitrogens is 1. The van der Waals surface area contributed by atoms with Gasteiger partial charge in [-0.2, -0.15) is 4.99 Å². The van der Waals surface area contributed by atoms with Gasteiger partial charge in [0, 0.05) is 23.2 Å². The molecule has 2 atom stereocenters.